The van der Waals surface area contributed by atoms with Crippen molar-refractivity contribution >= 4 is 11.6 Å². The van der Waals surface area contributed by atoms with E-state index >= 15 is 0 Å². The lowest BCUT2D eigenvalue weighted by molar-refractivity contribution is 0.178. The van der Waals surface area contributed by atoms with Gasteiger partial charge >= 0.3 is 0 Å². The van der Waals surface area contributed by atoms with Crippen molar-refractivity contribution in [2.75, 3.05) is 17.9 Å². The molecular formula is C11H19N5O. The summed E-state index contributed by atoms with van der Waals surface area (Å²) in [4.78, 5) is 8.57. The highest BCUT2D eigenvalue weighted by Crippen LogP contribution is 2.46. The fourth-order valence-corrected chi connectivity index (χ4v) is 1.73. The first-order valence-corrected chi connectivity index (χ1v) is 5.65. The first-order chi connectivity index (χ1) is 8.05. The standard InChI is InChI=1S/C11H19N5O/c1-11(2)5-7(11)13-8-4-9(16-12)15-10(14-8)6-17-3/h4,7H,5-6,12H2,1-3H3,(H2,13,14,15,16). The number of nitrogen functional groups attached to an aromatic ring is 1. The number of rotatable bonds is 5. The van der Waals surface area contributed by atoms with Crippen molar-refractivity contribution < 1.29 is 4.74 Å². The molecule has 1 aromatic heterocycles. The second-order valence-corrected chi connectivity index (χ2v) is 5.02. The summed E-state index contributed by atoms with van der Waals surface area (Å²) >= 11 is 0. The highest BCUT2D eigenvalue weighted by atomic mass is 16.5. The van der Waals surface area contributed by atoms with Crippen molar-refractivity contribution in [3.63, 3.8) is 0 Å². The maximum atomic E-state index is 5.37. The number of hydrogen-bond acceptors (Lipinski definition) is 6. The Morgan fingerprint density at radius 2 is 2.12 bits per heavy atom. The number of aromatic nitrogens is 2. The van der Waals surface area contributed by atoms with Crippen LogP contribution in [0.5, 0.6) is 0 Å². The molecule has 1 aromatic rings. The highest BCUT2D eigenvalue weighted by Gasteiger charge is 2.45. The van der Waals surface area contributed by atoms with Gasteiger partial charge in [0.05, 0.1) is 0 Å². The van der Waals surface area contributed by atoms with Gasteiger partial charge in [0.15, 0.2) is 5.82 Å². The summed E-state index contributed by atoms with van der Waals surface area (Å²) in [5.74, 6) is 7.37. The van der Waals surface area contributed by atoms with Crippen LogP contribution in [0.25, 0.3) is 0 Å². The second-order valence-electron chi connectivity index (χ2n) is 5.02. The molecule has 0 saturated heterocycles. The fraction of sp³-hybridized carbons (Fsp3) is 0.636. The van der Waals surface area contributed by atoms with Crippen molar-refractivity contribution in [3.8, 4) is 0 Å². The van der Waals surface area contributed by atoms with Crippen LogP contribution in [0.2, 0.25) is 0 Å². The molecule has 17 heavy (non-hydrogen) atoms. The number of anilines is 2. The average molecular weight is 237 g/mol. The normalized spacial score (nSPS) is 21.1. The number of nitrogens with zero attached hydrogens (tertiary/aromatic N) is 2. The van der Waals surface area contributed by atoms with E-state index in [-0.39, 0.29) is 0 Å². The molecule has 0 aliphatic heterocycles. The first-order valence-electron chi connectivity index (χ1n) is 5.65. The molecule has 2 rings (SSSR count). The zero-order valence-corrected chi connectivity index (χ0v) is 10.4. The monoisotopic (exact) mass is 237 g/mol. The van der Waals surface area contributed by atoms with Crippen LogP contribution in [-0.4, -0.2) is 23.1 Å². The van der Waals surface area contributed by atoms with E-state index in [1.54, 1.807) is 13.2 Å². The number of hydrogen-bond donors (Lipinski definition) is 3. The second kappa shape index (κ2) is 4.46. The van der Waals surface area contributed by atoms with Crippen LogP contribution in [0.1, 0.15) is 26.1 Å². The van der Waals surface area contributed by atoms with E-state index < -0.39 is 0 Å². The Kier molecular flexibility index (Phi) is 3.17. The molecule has 6 nitrogen and oxygen atoms in total. The molecule has 1 aliphatic carbocycles. The molecule has 0 radical (unpaired) electrons. The van der Waals surface area contributed by atoms with E-state index in [1.165, 1.54) is 0 Å². The topological polar surface area (TPSA) is 85.1 Å². The molecule has 0 spiro atoms. The van der Waals surface area contributed by atoms with Crippen LogP contribution >= 0.6 is 0 Å². The van der Waals surface area contributed by atoms with Crippen LogP contribution in [0.4, 0.5) is 11.6 Å². The van der Waals surface area contributed by atoms with Gasteiger partial charge in [0, 0.05) is 19.2 Å². The molecule has 1 atom stereocenters. The molecule has 1 fully saturated rings. The van der Waals surface area contributed by atoms with Crippen LogP contribution in [0.3, 0.4) is 0 Å². The molecular weight excluding hydrogens is 218 g/mol. The van der Waals surface area contributed by atoms with E-state index in [2.05, 4.69) is 34.6 Å². The number of ether oxygens (including phenoxy) is 1. The lowest BCUT2D eigenvalue weighted by Crippen LogP contribution is -2.14. The third kappa shape index (κ3) is 2.83. The van der Waals surface area contributed by atoms with Gasteiger partial charge in [-0.3, -0.25) is 0 Å². The molecule has 6 heteroatoms. The summed E-state index contributed by atoms with van der Waals surface area (Å²) < 4.78 is 5.02. The summed E-state index contributed by atoms with van der Waals surface area (Å²) in [5.41, 5.74) is 2.88. The molecule has 94 valence electrons. The van der Waals surface area contributed by atoms with Gasteiger partial charge < -0.3 is 15.5 Å². The van der Waals surface area contributed by atoms with Crippen molar-refractivity contribution in [1.29, 1.82) is 0 Å². The van der Waals surface area contributed by atoms with E-state index in [4.69, 9.17) is 10.6 Å². The number of methoxy groups -OCH3 is 1. The summed E-state index contributed by atoms with van der Waals surface area (Å²) in [5, 5.41) is 3.38. The Hall–Kier alpha value is -1.40. The minimum absolute atomic E-state index is 0.350. The van der Waals surface area contributed by atoms with Crippen LogP contribution in [-0.2, 0) is 11.3 Å². The molecule has 0 aromatic carbocycles. The molecule has 0 amide bonds. The minimum Gasteiger partial charge on any atom is -0.377 e. The van der Waals surface area contributed by atoms with Gasteiger partial charge in [-0.25, -0.2) is 15.8 Å². The first kappa shape index (κ1) is 12.1. The van der Waals surface area contributed by atoms with E-state index in [1.807, 2.05) is 0 Å². The molecule has 1 aliphatic rings. The van der Waals surface area contributed by atoms with Crippen LogP contribution in [0.15, 0.2) is 6.07 Å². The van der Waals surface area contributed by atoms with Gasteiger partial charge in [0.2, 0.25) is 0 Å². The summed E-state index contributed by atoms with van der Waals surface area (Å²) in [6, 6.07) is 2.27. The molecule has 1 saturated carbocycles. The number of hydrazine groups is 1. The smallest absolute Gasteiger partial charge is 0.158 e. The Morgan fingerprint density at radius 1 is 1.47 bits per heavy atom. The van der Waals surface area contributed by atoms with Crippen LogP contribution < -0.4 is 16.6 Å². The number of nitrogens with one attached hydrogen (secondary N) is 2. The Morgan fingerprint density at radius 3 is 2.65 bits per heavy atom. The highest BCUT2D eigenvalue weighted by molar-refractivity contribution is 5.48. The Balaban J connectivity index is 2.12. The van der Waals surface area contributed by atoms with Crippen molar-refractivity contribution in [2.24, 2.45) is 11.3 Å². The summed E-state index contributed by atoms with van der Waals surface area (Å²) in [6.45, 7) is 4.83. The SMILES string of the molecule is COCc1nc(NN)cc(NC2CC2(C)C)n1. The van der Waals surface area contributed by atoms with Crippen molar-refractivity contribution in [1.82, 2.24) is 9.97 Å². The molecule has 1 unspecified atom stereocenters. The fourth-order valence-electron chi connectivity index (χ4n) is 1.73. The molecule has 4 N–H and O–H groups in total. The van der Waals surface area contributed by atoms with Crippen molar-refractivity contribution in [2.45, 2.75) is 32.9 Å². The average Bonchev–Trinajstić information content (AvgIpc) is 2.86. The third-order valence-electron chi connectivity index (χ3n) is 3.03. The third-order valence-corrected chi connectivity index (χ3v) is 3.03. The summed E-state index contributed by atoms with van der Waals surface area (Å²) in [6.07, 6.45) is 1.15. The van der Waals surface area contributed by atoms with E-state index in [9.17, 15) is 0 Å². The van der Waals surface area contributed by atoms with Gasteiger partial charge in [-0.15, -0.1) is 0 Å². The maximum Gasteiger partial charge on any atom is 0.158 e. The summed E-state index contributed by atoms with van der Waals surface area (Å²) in [7, 11) is 1.61. The largest absolute Gasteiger partial charge is 0.377 e. The predicted molar refractivity (Wildman–Crippen MR) is 66.4 cm³/mol. The van der Waals surface area contributed by atoms with Gasteiger partial charge in [-0.05, 0) is 11.8 Å². The lowest BCUT2D eigenvalue weighted by atomic mass is 10.2. The van der Waals surface area contributed by atoms with E-state index in [0.717, 1.165) is 12.2 Å². The van der Waals surface area contributed by atoms with Crippen LogP contribution in [0, 0.1) is 5.41 Å². The van der Waals surface area contributed by atoms with Gasteiger partial charge in [-0.1, -0.05) is 13.8 Å². The predicted octanol–water partition coefficient (Wildman–Crippen LogP) is 1.12. The lowest BCUT2D eigenvalue weighted by Gasteiger charge is -2.10. The zero-order chi connectivity index (χ0) is 12.5. The van der Waals surface area contributed by atoms with E-state index in [0.29, 0.717) is 29.7 Å². The Bertz CT molecular complexity index is 407. The maximum absolute atomic E-state index is 5.37. The zero-order valence-electron chi connectivity index (χ0n) is 10.4. The van der Waals surface area contributed by atoms with Gasteiger partial charge in [-0.2, -0.15) is 0 Å². The number of nitrogens with two attached hydrogens (primary N) is 1. The van der Waals surface area contributed by atoms with Crippen molar-refractivity contribution in [3.05, 3.63) is 11.9 Å². The Labute approximate surface area is 101 Å². The van der Waals surface area contributed by atoms with Gasteiger partial charge in [0.1, 0.15) is 18.2 Å². The molecule has 0 bridgehead atoms. The minimum atomic E-state index is 0.350. The molecule has 1 heterocycles. The van der Waals surface area contributed by atoms with Gasteiger partial charge in [0.25, 0.3) is 0 Å². The quantitative estimate of drug-likeness (QED) is 0.525.